The lowest BCUT2D eigenvalue weighted by Crippen LogP contribution is -2.03. The second-order valence-corrected chi connectivity index (χ2v) is 4.50. The number of halogens is 2. The van der Waals surface area contributed by atoms with Gasteiger partial charge in [-0.05, 0) is 18.2 Å². The van der Waals surface area contributed by atoms with Crippen molar-refractivity contribution in [2.45, 2.75) is 6.54 Å². The molecule has 0 saturated heterocycles. The van der Waals surface area contributed by atoms with Crippen LogP contribution in [0, 0.1) is 11.6 Å². The number of rotatable bonds is 4. The van der Waals surface area contributed by atoms with Gasteiger partial charge in [0.05, 0.1) is 12.8 Å². The number of benzene rings is 2. The summed E-state index contributed by atoms with van der Waals surface area (Å²) in [6.45, 7) is 0.477. The van der Waals surface area contributed by atoms with Crippen LogP contribution in [0.25, 0.3) is 0 Å². The van der Waals surface area contributed by atoms with Gasteiger partial charge in [0.15, 0.2) is 11.5 Å². The Hall–Kier alpha value is -2.50. The number of methoxy groups -OCH3 is 1. The van der Waals surface area contributed by atoms with Gasteiger partial charge in [-0.1, -0.05) is 0 Å². The van der Waals surface area contributed by atoms with E-state index in [9.17, 15) is 8.78 Å². The van der Waals surface area contributed by atoms with Crippen LogP contribution < -0.4 is 19.5 Å². The van der Waals surface area contributed by atoms with Crippen LogP contribution in [0.15, 0.2) is 30.3 Å². The number of fused-ring (bicyclic) bond motifs is 1. The summed E-state index contributed by atoms with van der Waals surface area (Å²) in [5, 5.41) is 2.90. The van der Waals surface area contributed by atoms with Crippen molar-refractivity contribution in [3.05, 3.63) is 47.5 Å². The standard InChI is InChI=1S/C15H13F2NO3/c1-19-13-6-15-14(20-8-21-15)4-9(13)7-18-12-3-2-10(16)5-11(12)17/h2-6,18H,7-8H2,1H3. The van der Waals surface area contributed by atoms with E-state index in [2.05, 4.69) is 5.32 Å². The Morgan fingerprint density at radius 1 is 1.14 bits per heavy atom. The summed E-state index contributed by atoms with van der Waals surface area (Å²) in [5.41, 5.74) is 1.00. The van der Waals surface area contributed by atoms with E-state index in [1.807, 2.05) is 0 Å². The van der Waals surface area contributed by atoms with E-state index < -0.39 is 11.6 Å². The normalized spacial score (nSPS) is 12.3. The molecule has 3 rings (SSSR count). The minimum atomic E-state index is -0.644. The van der Waals surface area contributed by atoms with E-state index >= 15 is 0 Å². The van der Waals surface area contributed by atoms with Crippen LogP contribution in [0.2, 0.25) is 0 Å². The average Bonchev–Trinajstić information content (AvgIpc) is 2.92. The lowest BCUT2D eigenvalue weighted by Gasteiger charge is -2.12. The molecule has 0 bridgehead atoms. The first-order chi connectivity index (χ1) is 10.2. The topological polar surface area (TPSA) is 39.7 Å². The lowest BCUT2D eigenvalue weighted by molar-refractivity contribution is 0.174. The van der Waals surface area contributed by atoms with Gasteiger partial charge in [-0.3, -0.25) is 0 Å². The molecule has 0 unspecified atom stereocenters. The molecular formula is C15H13F2NO3. The Bertz CT molecular complexity index is 676. The van der Waals surface area contributed by atoms with Crippen LogP contribution in [0.4, 0.5) is 14.5 Å². The maximum atomic E-state index is 13.6. The van der Waals surface area contributed by atoms with Gasteiger partial charge >= 0.3 is 0 Å². The number of ether oxygens (including phenoxy) is 3. The quantitative estimate of drug-likeness (QED) is 0.938. The van der Waals surface area contributed by atoms with E-state index in [1.165, 1.54) is 12.1 Å². The molecule has 110 valence electrons. The first-order valence-corrected chi connectivity index (χ1v) is 6.33. The molecule has 0 fully saturated rings. The minimum absolute atomic E-state index is 0.169. The SMILES string of the molecule is COc1cc2c(cc1CNc1ccc(F)cc1F)OCO2. The van der Waals surface area contributed by atoms with Gasteiger partial charge in [0.2, 0.25) is 6.79 Å². The number of hydrogen-bond acceptors (Lipinski definition) is 4. The molecule has 2 aromatic rings. The number of hydrogen-bond donors (Lipinski definition) is 1. The van der Waals surface area contributed by atoms with Crippen molar-refractivity contribution >= 4 is 5.69 Å². The molecule has 0 aromatic heterocycles. The van der Waals surface area contributed by atoms with Gasteiger partial charge in [0.1, 0.15) is 17.4 Å². The van der Waals surface area contributed by atoms with Crippen LogP contribution >= 0.6 is 0 Å². The maximum absolute atomic E-state index is 13.6. The third-order valence-corrected chi connectivity index (χ3v) is 3.18. The Morgan fingerprint density at radius 2 is 1.90 bits per heavy atom. The van der Waals surface area contributed by atoms with Crippen molar-refractivity contribution in [1.29, 1.82) is 0 Å². The largest absolute Gasteiger partial charge is 0.496 e. The van der Waals surface area contributed by atoms with Gasteiger partial charge in [0.25, 0.3) is 0 Å². The summed E-state index contributed by atoms with van der Waals surface area (Å²) in [6, 6.07) is 6.88. The fourth-order valence-electron chi connectivity index (χ4n) is 2.12. The molecule has 2 aromatic carbocycles. The second kappa shape index (κ2) is 5.47. The van der Waals surface area contributed by atoms with Crippen molar-refractivity contribution in [3.8, 4) is 17.2 Å². The smallest absolute Gasteiger partial charge is 0.231 e. The number of anilines is 1. The third kappa shape index (κ3) is 2.69. The van der Waals surface area contributed by atoms with Gasteiger partial charge in [-0.15, -0.1) is 0 Å². The Kier molecular flexibility index (Phi) is 3.51. The number of nitrogens with one attached hydrogen (secondary N) is 1. The van der Waals surface area contributed by atoms with Crippen LogP contribution in [-0.4, -0.2) is 13.9 Å². The third-order valence-electron chi connectivity index (χ3n) is 3.18. The van der Waals surface area contributed by atoms with Crippen molar-refractivity contribution in [1.82, 2.24) is 0 Å². The predicted molar refractivity (Wildman–Crippen MR) is 72.8 cm³/mol. The first-order valence-electron chi connectivity index (χ1n) is 6.33. The molecule has 4 nitrogen and oxygen atoms in total. The van der Waals surface area contributed by atoms with Gasteiger partial charge in [-0.2, -0.15) is 0 Å². The van der Waals surface area contributed by atoms with Crippen LogP contribution in [-0.2, 0) is 6.54 Å². The fraction of sp³-hybridized carbons (Fsp3) is 0.200. The molecule has 1 aliphatic rings. The summed E-state index contributed by atoms with van der Waals surface area (Å²) in [6.07, 6.45) is 0. The molecule has 0 radical (unpaired) electrons. The monoisotopic (exact) mass is 293 g/mol. The fourth-order valence-corrected chi connectivity index (χ4v) is 2.12. The predicted octanol–water partition coefficient (Wildman–Crippen LogP) is 3.31. The lowest BCUT2D eigenvalue weighted by atomic mass is 10.1. The Morgan fingerprint density at radius 3 is 2.62 bits per heavy atom. The zero-order valence-corrected chi connectivity index (χ0v) is 11.3. The zero-order valence-electron chi connectivity index (χ0n) is 11.3. The highest BCUT2D eigenvalue weighted by Gasteiger charge is 2.17. The van der Waals surface area contributed by atoms with Crippen molar-refractivity contribution in [3.63, 3.8) is 0 Å². The van der Waals surface area contributed by atoms with Crippen molar-refractivity contribution in [2.24, 2.45) is 0 Å². The highest BCUT2D eigenvalue weighted by atomic mass is 19.1. The summed E-state index contributed by atoms with van der Waals surface area (Å²) in [7, 11) is 1.54. The van der Waals surface area contributed by atoms with Gasteiger partial charge in [-0.25, -0.2) is 8.78 Å². The maximum Gasteiger partial charge on any atom is 0.231 e. The molecule has 1 N–H and O–H groups in total. The summed E-state index contributed by atoms with van der Waals surface area (Å²) in [4.78, 5) is 0. The molecule has 1 aliphatic heterocycles. The Labute approximate surface area is 120 Å². The van der Waals surface area contributed by atoms with E-state index in [0.29, 0.717) is 23.8 Å². The van der Waals surface area contributed by atoms with E-state index in [-0.39, 0.29) is 12.5 Å². The summed E-state index contributed by atoms with van der Waals surface area (Å²) < 4.78 is 42.3. The van der Waals surface area contributed by atoms with Crippen molar-refractivity contribution < 1.29 is 23.0 Å². The van der Waals surface area contributed by atoms with Crippen molar-refractivity contribution in [2.75, 3.05) is 19.2 Å². The minimum Gasteiger partial charge on any atom is -0.496 e. The van der Waals surface area contributed by atoms with Gasteiger partial charge in [0, 0.05) is 24.2 Å². The van der Waals surface area contributed by atoms with Crippen LogP contribution in [0.5, 0.6) is 17.2 Å². The molecule has 0 amide bonds. The Balaban J connectivity index is 1.81. The molecule has 0 aliphatic carbocycles. The van der Waals surface area contributed by atoms with E-state index in [4.69, 9.17) is 14.2 Å². The molecule has 0 saturated carbocycles. The van der Waals surface area contributed by atoms with Crippen LogP contribution in [0.3, 0.4) is 0 Å². The van der Waals surface area contributed by atoms with Crippen LogP contribution in [0.1, 0.15) is 5.56 Å². The molecule has 1 heterocycles. The van der Waals surface area contributed by atoms with Gasteiger partial charge < -0.3 is 19.5 Å². The average molecular weight is 293 g/mol. The molecule has 21 heavy (non-hydrogen) atoms. The molecule has 6 heteroatoms. The molecule has 0 atom stereocenters. The summed E-state index contributed by atoms with van der Waals surface area (Å²) in [5.74, 6) is 0.582. The zero-order chi connectivity index (χ0) is 14.8. The van der Waals surface area contributed by atoms with E-state index in [1.54, 1.807) is 19.2 Å². The highest BCUT2D eigenvalue weighted by molar-refractivity contribution is 5.53. The second-order valence-electron chi connectivity index (χ2n) is 4.50. The first kappa shape index (κ1) is 13.5. The highest BCUT2D eigenvalue weighted by Crippen LogP contribution is 2.38. The molecular weight excluding hydrogens is 280 g/mol. The summed E-state index contributed by atoms with van der Waals surface area (Å²) >= 11 is 0. The van der Waals surface area contributed by atoms with E-state index in [0.717, 1.165) is 11.6 Å². The molecule has 0 spiro atoms.